The number of benzene rings is 4. The second-order valence-electron chi connectivity index (χ2n) is 7.28. The van der Waals surface area contributed by atoms with Gasteiger partial charge in [0.15, 0.2) is 0 Å². The van der Waals surface area contributed by atoms with Crippen molar-refractivity contribution >= 4 is 28.1 Å². The SMILES string of the molecule is C(=C(Nc1cccc2ccccc12)c1ccccc1)C1=NC(c2ccccc2)CO1. The molecule has 0 fully saturated rings. The van der Waals surface area contributed by atoms with Crippen LogP contribution in [0.25, 0.3) is 16.5 Å². The molecule has 4 aromatic rings. The average molecular weight is 390 g/mol. The van der Waals surface area contributed by atoms with E-state index >= 15 is 0 Å². The summed E-state index contributed by atoms with van der Waals surface area (Å²) in [6.45, 7) is 0.562. The number of fused-ring (bicyclic) bond motifs is 1. The van der Waals surface area contributed by atoms with Gasteiger partial charge in [-0.25, -0.2) is 4.99 Å². The molecule has 1 aliphatic heterocycles. The van der Waals surface area contributed by atoms with Crippen molar-refractivity contribution < 1.29 is 4.74 Å². The van der Waals surface area contributed by atoms with Crippen LogP contribution in [-0.2, 0) is 4.74 Å². The van der Waals surface area contributed by atoms with Gasteiger partial charge in [-0.15, -0.1) is 0 Å². The molecule has 1 N–H and O–H groups in total. The van der Waals surface area contributed by atoms with Gasteiger partial charge in [0.1, 0.15) is 12.6 Å². The van der Waals surface area contributed by atoms with Gasteiger partial charge in [-0.1, -0.05) is 97.1 Å². The topological polar surface area (TPSA) is 33.6 Å². The van der Waals surface area contributed by atoms with E-state index in [1.165, 1.54) is 16.3 Å². The molecule has 0 aromatic heterocycles. The van der Waals surface area contributed by atoms with Crippen molar-refractivity contribution in [2.45, 2.75) is 6.04 Å². The Bertz CT molecular complexity index is 1210. The van der Waals surface area contributed by atoms with E-state index in [1.54, 1.807) is 0 Å². The summed E-state index contributed by atoms with van der Waals surface area (Å²) in [5.74, 6) is 0.649. The summed E-state index contributed by atoms with van der Waals surface area (Å²) in [5.41, 5.74) is 4.27. The van der Waals surface area contributed by atoms with Crippen LogP contribution in [0.2, 0.25) is 0 Å². The second-order valence-corrected chi connectivity index (χ2v) is 7.28. The Morgan fingerprint density at radius 3 is 2.33 bits per heavy atom. The van der Waals surface area contributed by atoms with Gasteiger partial charge in [-0.3, -0.25) is 0 Å². The van der Waals surface area contributed by atoms with Crippen LogP contribution >= 0.6 is 0 Å². The number of hydrogen-bond acceptors (Lipinski definition) is 3. The van der Waals surface area contributed by atoms with Crippen LogP contribution in [0.4, 0.5) is 5.69 Å². The average Bonchev–Trinajstić information content (AvgIpc) is 3.29. The Labute approximate surface area is 176 Å². The van der Waals surface area contributed by atoms with Crippen LogP contribution < -0.4 is 5.32 Å². The maximum atomic E-state index is 5.93. The smallest absolute Gasteiger partial charge is 0.211 e. The predicted octanol–water partition coefficient (Wildman–Crippen LogP) is 6.46. The molecule has 4 aromatic carbocycles. The number of rotatable bonds is 5. The Morgan fingerprint density at radius 2 is 1.50 bits per heavy atom. The molecule has 1 atom stereocenters. The molecule has 1 aliphatic rings. The summed E-state index contributed by atoms with van der Waals surface area (Å²) in [5, 5.41) is 6.00. The molecule has 30 heavy (non-hydrogen) atoms. The lowest BCUT2D eigenvalue weighted by molar-refractivity contribution is 0.321. The summed E-state index contributed by atoms with van der Waals surface area (Å²) >= 11 is 0. The normalized spacial score (nSPS) is 16.2. The first-order valence-corrected chi connectivity index (χ1v) is 10.1. The molecule has 1 unspecified atom stereocenters. The third-order valence-electron chi connectivity index (χ3n) is 5.27. The van der Waals surface area contributed by atoms with E-state index in [-0.39, 0.29) is 6.04 Å². The van der Waals surface area contributed by atoms with Crippen molar-refractivity contribution in [3.05, 3.63) is 120 Å². The molecule has 0 spiro atoms. The van der Waals surface area contributed by atoms with E-state index in [2.05, 4.69) is 72.0 Å². The highest BCUT2D eigenvalue weighted by Crippen LogP contribution is 2.28. The standard InChI is InChI=1S/C27H22N2O/c1-3-11-21(12-4-1)25(28-24-17-9-15-20-10-7-8-16-23(20)24)18-27-29-26(19-30-27)22-13-5-2-6-14-22/h1-18,26,28H,19H2. The van der Waals surface area contributed by atoms with Gasteiger partial charge < -0.3 is 10.1 Å². The number of nitrogens with zero attached hydrogens (tertiary/aromatic N) is 1. The summed E-state index contributed by atoms with van der Waals surface area (Å²) in [6.07, 6.45) is 2.00. The second kappa shape index (κ2) is 8.26. The molecule has 0 amide bonds. The Kier molecular flexibility index (Phi) is 5.01. The van der Waals surface area contributed by atoms with Crippen molar-refractivity contribution in [2.24, 2.45) is 4.99 Å². The number of hydrogen-bond donors (Lipinski definition) is 1. The lowest BCUT2D eigenvalue weighted by Gasteiger charge is -2.14. The molecule has 3 heteroatoms. The monoisotopic (exact) mass is 390 g/mol. The number of nitrogens with one attached hydrogen (secondary N) is 1. The first kappa shape index (κ1) is 18.2. The van der Waals surface area contributed by atoms with Gasteiger partial charge in [0.2, 0.25) is 5.90 Å². The molecular formula is C27H22N2O. The summed E-state index contributed by atoms with van der Waals surface area (Å²) in [7, 11) is 0. The minimum atomic E-state index is 0.0343. The Balaban J connectivity index is 1.52. The van der Waals surface area contributed by atoms with Crippen LogP contribution in [0.3, 0.4) is 0 Å². The molecule has 0 saturated heterocycles. The number of anilines is 1. The van der Waals surface area contributed by atoms with Crippen molar-refractivity contribution in [1.29, 1.82) is 0 Å². The lowest BCUT2D eigenvalue weighted by atomic mass is 10.1. The van der Waals surface area contributed by atoms with Crippen molar-refractivity contribution in [3.63, 3.8) is 0 Å². The molecule has 0 radical (unpaired) electrons. The van der Waals surface area contributed by atoms with Gasteiger partial charge in [-0.05, 0) is 22.6 Å². The van der Waals surface area contributed by atoms with Crippen molar-refractivity contribution in [3.8, 4) is 0 Å². The zero-order chi connectivity index (χ0) is 20.2. The van der Waals surface area contributed by atoms with Gasteiger partial charge in [-0.2, -0.15) is 0 Å². The molecule has 3 nitrogen and oxygen atoms in total. The van der Waals surface area contributed by atoms with E-state index in [0.717, 1.165) is 16.9 Å². The molecule has 0 aliphatic carbocycles. The fourth-order valence-corrected chi connectivity index (χ4v) is 3.73. The van der Waals surface area contributed by atoms with Gasteiger partial charge in [0.25, 0.3) is 0 Å². The largest absolute Gasteiger partial charge is 0.475 e. The molecular weight excluding hydrogens is 368 g/mol. The van der Waals surface area contributed by atoms with E-state index in [4.69, 9.17) is 9.73 Å². The number of aliphatic imine (C=N–C) groups is 1. The first-order valence-electron chi connectivity index (χ1n) is 10.1. The van der Waals surface area contributed by atoms with Gasteiger partial charge in [0, 0.05) is 17.1 Å². The minimum absolute atomic E-state index is 0.0343. The Morgan fingerprint density at radius 1 is 0.800 bits per heavy atom. The Hall–Kier alpha value is -3.85. The van der Waals surface area contributed by atoms with E-state index in [0.29, 0.717) is 12.5 Å². The maximum absolute atomic E-state index is 5.93. The highest BCUT2D eigenvalue weighted by molar-refractivity contribution is 6.02. The zero-order valence-electron chi connectivity index (χ0n) is 16.5. The first-order chi connectivity index (χ1) is 14.9. The fraction of sp³-hybridized carbons (Fsp3) is 0.0741. The number of ether oxygens (including phenoxy) is 1. The summed E-state index contributed by atoms with van der Waals surface area (Å²) in [4.78, 5) is 4.81. The van der Waals surface area contributed by atoms with Crippen molar-refractivity contribution in [1.82, 2.24) is 0 Å². The summed E-state index contributed by atoms with van der Waals surface area (Å²) in [6, 6.07) is 35.3. The molecule has 0 bridgehead atoms. The van der Waals surface area contributed by atoms with Crippen LogP contribution in [0, 0.1) is 0 Å². The van der Waals surface area contributed by atoms with E-state index < -0.39 is 0 Å². The molecule has 146 valence electrons. The summed E-state index contributed by atoms with van der Waals surface area (Å²) < 4.78 is 5.93. The van der Waals surface area contributed by atoms with E-state index in [9.17, 15) is 0 Å². The third-order valence-corrected chi connectivity index (χ3v) is 5.27. The van der Waals surface area contributed by atoms with E-state index in [1.807, 2.05) is 42.5 Å². The highest BCUT2D eigenvalue weighted by atomic mass is 16.5. The maximum Gasteiger partial charge on any atom is 0.211 e. The van der Waals surface area contributed by atoms with Crippen LogP contribution in [-0.4, -0.2) is 12.5 Å². The third kappa shape index (κ3) is 3.83. The predicted molar refractivity (Wildman–Crippen MR) is 125 cm³/mol. The zero-order valence-corrected chi connectivity index (χ0v) is 16.5. The fourth-order valence-electron chi connectivity index (χ4n) is 3.73. The van der Waals surface area contributed by atoms with Crippen LogP contribution in [0.5, 0.6) is 0 Å². The minimum Gasteiger partial charge on any atom is -0.475 e. The highest BCUT2D eigenvalue weighted by Gasteiger charge is 2.20. The quantitative estimate of drug-likeness (QED) is 0.424. The van der Waals surface area contributed by atoms with Gasteiger partial charge >= 0.3 is 0 Å². The van der Waals surface area contributed by atoms with Crippen LogP contribution in [0.1, 0.15) is 17.2 Å². The molecule has 5 rings (SSSR count). The van der Waals surface area contributed by atoms with Crippen molar-refractivity contribution in [2.75, 3.05) is 11.9 Å². The molecule has 0 saturated carbocycles. The van der Waals surface area contributed by atoms with Gasteiger partial charge in [0.05, 0.1) is 5.70 Å². The lowest BCUT2D eigenvalue weighted by Crippen LogP contribution is -2.04. The molecule has 1 heterocycles. The van der Waals surface area contributed by atoms with Crippen LogP contribution in [0.15, 0.2) is 114 Å².